The van der Waals surface area contributed by atoms with Crippen LogP contribution in [0.4, 0.5) is 0 Å². The Morgan fingerprint density at radius 1 is 1.64 bits per heavy atom. The minimum atomic E-state index is -0.268. The summed E-state index contributed by atoms with van der Waals surface area (Å²) in [7, 11) is 0. The SMILES string of the molecule is CCOC(=O)c1cc2c([nH]1)CCC=C2. The van der Waals surface area contributed by atoms with Crippen LogP contribution in [0.25, 0.3) is 6.08 Å². The topological polar surface area (TPSA) is 42.1 Å². The summed E-state index contributed by atoms with van der Waals surface area (Å²) in [4.78, 5) is 14.5. The van der Waals surface area contributed by atoms with E-state index in [0.717, 1.165) is 24.1 Å². The van der Waals surface area contributed by atoms with Crippen LogP contribution in [0.1, 0.15) is 35.1 Å². The first kappa shape index (κ1) is 9.06. The fourth-order valence-corrected chi connectivity index (χ4v) is 1.63. The molecule has 0 aromatic carbocycles. The van der Waals surface area contributed by atoms with Crippen LogP contribution in [0.2, 0.25) is 0 Å². The van der Waals surface area contributed by atoms with E-state index in [1.165, 1.54) is 0 Å². The monoisotopic (exact) mass is 191 g/mol. The number of ether oxygens (including phenoxy) is 1. The van der Waals surface area contributed by atoms with Crippen molar-refractivity contribution in [2.24, 2.45) is 0 Å². The Hall–Kier alpha value is -1.51. The lowest BCUT2D eigenvalue weighted by molar-refractivity contribution is 0.0520. The standard InChI is InChI=1S/C11H13NO2/c1-2-14-11(13)10-7-8-5-3-4-6-9(8)12-10/h3,5,7,12H,2,4,6H2,1H3. The van der Waals surface area contributed by atoms with Crippen LogP contribution in [-0.4, -0.2) is 17.6 Å². The van der Waals surface area contributed by atoms with E-state index in [2.05, 4.69) is 11.1 Å². The van der Waals surface area contributed by atoms with Gasteiger partial charge in [-0.05, 0) is 31.4 Å². The molecule has 3 heteroatoms. The third-order valence-electron chi connectivity index (χ3n) is 2.29. The molecule has 1 heterocycles. The van der Waals surface area contributed by atoms with Gasteiger partial charge in [0.05, 0.1) is 6.61 Å². The molecule has 0 saturated carbocycles. The first-order valence-corrected chi connectivity index (χ1v) is 4.87. The highest BCUT2D eigenvalue weighted by molar-refractivity contribution is 5.88. The second-order valence-corrected chi connectivity index (χ2v) is 3.28. The lowest BCUT2D eigenvalue weighted by atomic mass is 10.1. The highest BCUT2D eigenvalue weighted by Gasteiger charge is 2.14. The highest BCUT2D eigenvalue weighted by atomic mass is 16.5. The van der Waals surface area contributed by atoms with Gasteiger partial charge in [-0.15, -0.1) is 0 Å². The van der Waals surface area contributed by atoms with Crippen LogP contribution in [0, 0.1) is 0 Å². The quantitative estimate of drug-likeness (QED) is 0.728. The zero-order valence-corrected chi connectivity index (χ0v) is 8.17. The number of aromatic amines is 1. The van der Waals surface area contributed by atoms with Gasteiger partial charge in [0.2, 0.25) is 0 Å². The van der Waals surface area contributed by atoms with E-state index in [0.29, 0.717) is 12.3 Å². The summed E-state index contributed by atoms with van der Waals surface area (Å²) in [5.41, 5.74) is 2.80. The number of fused-ring (bicyclic) bond motifs is 1. The van der Waals surface area contributed by atoms with Gasteiger partial charge in [-0.25, -0.2) is 4.79 Å². The Kier molecular flexibility index (Phi) is 2.39. The number of carbonyl (C=O) groups is 1. The molecule has 1 aromatic rings. The highest BCUT2D eigenvalue weighted by Crippen LogP contribution is 2.19. The number of hydrogen-bond donors (Lipinski definition) is 1. The van der Waals surface area contributed by atoms with Crippen LogP contribution in [0.3, 0.4) is 0 Å². The molecule has 0 atom stereocenters. The number of nitrogens with one attached hydrogen (secondary N) is 1. The summed E-state index contributed by atoms with van der Waals surface area (Å²) in [5.74, 6) is -0.268. The van der Waals surface area contributed by atoms with Crippen molar-refractivity contribution in [2.75, 3.05) is 6.61 Å². The number of allylic oxidation sites excluding steroid dienone is 1. The molecule has 0 amide bonds. The molecular weight excluding hydrogens is 178 g/mol. The zero-order valence-electron chi connectivity index (χ0n) is 8.17. The van der Waals surface area contributed by atoms with Gasteiger partial charge in [0.15, 0.2) is 0 Å². The maximum Gasteiger partial charge on any atom is 0.354 e. The molecular formula is C11H13NO2. The minimum Gasteiger partial charge on any atom is -0.461 e. The number of rotatable bonds is 2. The largest absolute Gasteiger partial charge is 0.461 e. The van der Waals surface area contributed by atoms with E-state index in [1.807, 2.05) is 12.1 Å². The average Bonchev–Trinajstić information content (AvgIpc) is 2.61. The molecule has 0 unspecified atom stereocenters. The number of aromatic nitrogens is 1. The van der Waals surface area contributed by atoms with Crippen LogP contribution in [-0.2, 0) is 11.2 Å². The molecule has 0 aliphatic heterocycles. The van der Waals surface area contributed by atoms with Crippen LogP contribution >= 0.6 is 0 Å². The number of hydrogen-bond acceptors (Lipinski definition) is 2. The molecule has 0 radical (unpaired) electrons. The van der Waals surface area contributed by atoms with Gasteiger partial charge in [0.1, 0.15) is 5.69 Å². The molecule has 1 aliphatic carbocycles. The molecule has 1 aliphatic rings. The summed E-state index contributed by atoms with van der Waals surface area (Å²) in [6.45, 7) is 2.22. The van der Waals surface area contributed by atoms with Crippen molar-refractivity contribution < 1.29 is 9.53 Å². The molecule has 74 valence electrons. The van der Waals surface area contributed by atoms with E-state index in [9.17, 15) is 4.79 Å². The third-order valence-corrected chi connectivity index (χ3v) is 2.29. The maximum absolute atomic E-state index is 11.4. The van der Waals surface area contributed by atoms with Crippen molar-refractivity contribution in [3.63, 3.8) is 0 Å². The van der Waals surface area contributed by atoms with Gasteiger partial charge in [-0.2, -0.15) is 0 Å². The van der Waals surface area contributed by atoms with Gasteiger partial charge < -0.3 is 9.72 Å². The Bertz CT molecular complexity index is 377. The molecule has 1 N–H and O–H groups in total. The molecule has 3 nitrogen and oxygen atoms in total. The summed E-state index contributed by atoms with van der Waals surface area (Å²) >= 11 is 0. The fourth-order valence-electron chi connectivity index (χ4n) is 1.63. The van der Waals surface area contributed by atoms with Crippen LogP contribution in [0.15, 0.2) is 12.1 Å². The molecule has 0 spiro atoms. The van der Waals surface area contributed by atoms with E-state index in [1.54, 1.807) is 6.92 Å². The second-order valence-electron chi connectivity index (χ2n) is 3.28. The van der Waals surface area contributed by atoms with Crippen LogP contribution < -0.4 is 0 Å². The Labute approximate surface area is 82.8 Å². The summed E-state index contributed by atoms with van der Waals surface area (Å²) < 4.78 is 4.91. The van der Waals surface area contributed by atoms with Crippen molar-refractivity contribution in [3.8, 4) is 0 Å². The van der Waals surface area contributed by atoms with Crippen molar-refractivity contribution >= 4 is 12.0 Å². The summed E-state index contributed by atoms with van der Waals surface area (Å²) in [5, 5.41) is 0. The molecule has 0 saturated heterocycles. The van der Waals surface area contributed by atoms with E-state index < -0.39 is 0 Å². The van der Waals surface area contributed by atoms with E-state index >= 15 is 0 Å². The first-order chi connectivity index (χ1) is 6.81. The summed E-state index contributed by atoms with van der Waals surface area (Å²) in [6, 6.07) is 1.85. The lowest BCUT2D eigenvalue weighted by Gasteiger charge is -2.02. The number of H-pyrrole nitrogens is 1. The smallest absolute Gasteiger partial charge is 0.354 e. The van der Waals surface area contributed by atoms with Crippen molar-refractivity contribution in [1.82, 2.24) is 4.98 Å². The Morgan fingerprint density at radius 3 is 3.21 bits per heavy atom. The average molecular weight is 191 g/mol. The predicted molar refractivity (Wildman–Crippen MR) is 54.1 cm³/mol. The molecule has 0 bridgehead atoms. The fraction of sp³-hybridized carbons (Fsp3) is 0.364. The molecule has 1 aromatic heterocycles. The molecule has 2 rings (SSSR count). The number of carbonyl (C=O) groups excluding carboxylic acids is 1. The number of aryl methyl sites for hydroxylation is 1. The maximum atomic E-state index is 11.4. The van der Waals surface area contributed by atoms with Gasteiger partial charge in [0, 0.05) is 5.69 Å². The summed E-state index contributed by atoms with van der Waals surface area (Å²) in [6.07, 6.45) is 6.17. The zero-order chi connectivity index (χ0) is 9.97. The van der Waals surface area contributed by atoms with Gasteiger partial charge in [0.25, 0.3) is 0 Å². The molecule has 0 fully saturated rings. The molecule has 14 heavy (non-hydrogen) atoms. The van der Waals surface area contributed by atoms with Crippen molar-refractivity contribution in [2.45, 2.75) is 19.8 Å². The third kappa shape index (κ3) is 1.58. The lowest BCUT2D eigenvalue weighted by Crippen LogP contribution is -2.04. The minimum absolute atomic E-state index is 0.268. The second kappa shape index (κ2) is 3.70. The van der Waals surface area contributed by atoms with E-state index in [4.69, 9.17) is 4.74 Å². The van der Waals surface area contributed by atoms with Gasteiger partial charge in [-0.1, -0.05) is 12.2 Å². The Morgan fingerprint density at radius 2 is 2.50 bits per heavy atom. The van der Waals surface area contributed by atoms with Crippen LogP contribution in [0.5, 0.6) is 0 Å². The van der Waals surface area contributed by atoms with E-state index in [-0.39, 0.29) is 5.97 Å². The first-order valence-electron chi connectivity index (χ1n) is 4.87. The van der Waals surface area contributed by atoms with Crippen molar-refractivity contribution in [1.29, 1.82) is 0 Å². The number of esters is 1. The predicted octanol–water partition coefficient (Wildman–Crippen LogP) is 2.15. The normalized spacial score (nSPS) is 13.8. The van der Waals surface area contributed by atoms with Gasteiger partial charge >= 0.3 is 5.97 Å². The van der Waals surface area contributed by atoms with Crippen molar-refractivity contribution in [3.05, 3.63) is 29.1 Å². The van der Waals surface area contributed by atoms with Gasteiger partial charge in [-0.3, -0.25) is 0 Å². The Balaban J connectivity index is 2.24.